The summed E-state index contributed by atoms with van der Waals surface area (Å²) in [6.45, 7) is 0.678. The van der Waals surface area contributed by atoms with E-state index in [1.807, 2.05) is 6.26 Å². The molecule has 0 saturated carbocycles. The third-order valence-corrected chi connectivity index (χ3v) is 3.00. The second kappa shape index (κ2) is 6.55. The zero-order valence-electron chi connectivity index (χ0n) is 9.84. The molecule has 0 aromatic heterocycles. The van der Waals surface area contributed by atoms with Gasteiger partial charge >= 0.3 is 6.18 Å². The summed E-state index contributed by atoms with van der Waals surface area (Å²) in [6.07, 6.45) is -1.57. The van der Waals surface area contributed by atoms with Crippen molar-refractivity contribution in [2.75, 3.05) is 23.9 Å². The quantitative estimate of drug-likeness (QED) is 0.831. The van der Waals surface area contributed by atoms with Gasteiger partial charge in [0.2, 0.25) is 0 Å². The van der Waals surface area contributed by atoms with Crippen LogP contribution in [0.25, 0.3) is 0 Å². The van der Waals surface area contributed by atoms with E-state index in [9.17, 15) is 13.2 Å². The van der Waals surface area contributed by atoms with E-state index in [1.165, 1.54) is 12.1 Å². The van der Waals surface area contributed by atoms with Gasteiger partial charge in [0.15, 0.2) is 0 Å². The van der Waals surface area contributed by atoms with Crippen molar-refractivity contribution in [3.8, 4) is 6.07 Å². The Morgan fingerprint density at radius 1 is 1.39 bits per heavy atom. The Labute approximate surface area is 108 Å². The van der Waals surface area contributed by atoms with E-state index < -0.39 is 11.7 Å². The molecular weight excluding hydrogens is 261 g/mol. The molecule has 1 N–H and O–H groups in total. The predicted octanol–water partition coefficient (Wildman–Crippen LogP) is 3.74. The Kier molecular flexibility index (Phi) is 5.35. The smallest absolute Gasteiger partial charge is 0.385 e. The highest BCUT2D eigenvalue weighted by molar-refractivity contribution is 7.98. The number of thioether (sulfide) groups is 1. The topological polar surface area (TPSA) is 35.8 Å². The Balaban J connectivity index is 2.77. The van der Waals surface area contributed by atoms with Gasteiger partial charge in [-0.15, -0.1) is 0 Å². The van der Waals surface area contributed by atoms with Gasteiger partial charge < -0.3 is 5.32 Å². The molecule has 1 aromatic carbocycles. The molecule has 6 heteroatoms. The van der Waals surface area contributed by atoms with Gasteiger partial charge in [-0.3, -0.25) is 0 Å². The molecule has 0 bridgehead atoms. The highest BCUT2D eigenvalue weighted by Crippen LogP contribution is 2.32. The summed E-state index contributed by atoms with van der Waals surface area (Å²) in [5.74, 6) is 0.985. The van der Waals surface area contributed by atoms with E-state index in [0.717, 1.165) is 18.2 Å². The average molecular weight is 274 g/mol. The first-order chi connectivity index (χ1) is 8.49. The molecule has 0 radical (unpaired) electrons. The third-order valence-electron chi connectivity index (χ3n) is 2.30. The summed E-state index contributed by atoms with van der Waals surface area (Å²) in [4.78, 5) is 0. The third kappa shape index (κ3) is 4.15. The second-order valence-electron chi connectivity index (χ2n) is 3.64. The van der Waals surface area contributed by atoms with Crippen LogP contribution in [0.2, 0.25) is 0 Å². The Hall–Kier alpha value is -1.35. The number of benzene rings is 1. The molecule has 18 heavy (non-hydrogen) atoms. The first-order valence-electron chi connectivity index (χ1n) is 5.33. The van der Waals surface area contributed by atoms with Crippen LogP contribution in [0.4, 0.5) is 18.9 Å². The number of alkyl halides is 3. The molecule has 0 aliphatic heterocycles. The lowest BCUT2D eigenvalue weighted by Gasteiger charge is -2.11. The van der Waals surface area contributed by atoms with Crippen LogP contribution in [-0.4, -0.2) is 18.6 Å². The molecule has 0 unspecified atom stereocenters. The van der Waals surface area contributed by atoms with E-state index in [0.29, 0.717) is 12.2 Å². The summed E-state index contributed by atoms with van der Waals surface area (Å²) in [7, 11) is 0. The zero-order valence-corrected chi connectivity index (χ0v) is 10.7. The van der Waals surface area contributed by atoms with Crippen LogP contribution in [0.5, 0.6) is 0 Å². The Morgan fingerprint density at radius 3 is 2.67 bits per heavy atom. The van der Waals surface area contributed by atoms with Gasteiger partial charge in [-0.05, 0) is 36.6 Å². The lowest BCUT2D eigenvalue weighted by molar-refractivity contribution is -0.137. The fourth-order valence-corrected chi connectivity index (χ4v) is 1.88. The highest BCUT2D eigenvalue weighted by atomic mass is 32.2. The van der Waals surface area contributed by atoms with Gasteiger partial charge in [0, 0.05) is 12.2 Å². The normalized spacial score (nSPS) is 11.1. The van der Waals surface area contributed by atoms with Gasteiger partial charge in [0.05, 0.1) is 17.2 Å². The minimum Gasteiger partial charge on any atom is -0.385 e. The van der Waals surface area contributed by atoms with Crippen molar-refractivity contribution in [1.29, 1.82) is 5.26 Å². The van der Waals surface area contributed by atoms with Crippen molar-refractivity contribution in [3.05, 3.63) is 29.3 Å². The standard InChI is InChI=1S/C12H13F3N2S/c1-18-6-2-5-17-10-3-4-11(12(13,14)15)9(7-10)8-16/h3-4,7,17H,2,5-6H2,1H3. The summed E-state index contributed by atoms with van der Waals surface area (Å²) >= 11 is 1.71. The fourth-order valence-electron chi connectivity index (χ4n) is 1.44. The minimum atomic E-state index is -4.48. The molecule has 0 spiro atoms. The van der Waals surface area contributed by atoms with Crippen molar-refractivity contribution >= 4 is 17.4 Å². The van der Waals surface area contributed by atoms with Gasteiger partial charge in [0.25, 0.3) is 0 Å². The second-order valence-corrected chi connectivity index (χ2v) is 4.63. The zero-order chi connectivity index (χ0) is 13.6. The average Bonchev–Trinajstić information content (AvgIpc) is 2.33. The number of hydrogen-bond acceptors (Lipinski definition) is 3. The number of halogens is 3. The molecule has 0 aliphatic carbocycles. The number of nitriles is 1. The Bertz CT molecular complexity index is 438. The molecule has 1 aromatic rings. The lowest BCUT2D eigenvalue weighted by Crippen LogP contribution is -2.09. The summed E-state index contributed by atoms with van der Waals surface area (Å²) in [5, 5.41) is 11.7. The van der Waals surface area contributed by atoms with Crippen molar-refractivity contribution < 1.29 is 13.2 Å². The molecule has 0 heterocycles. The van der Waals surface area contributed by atoms with E-state index in [4.69, 9.17) is 5.26 Å². The molecule has 0 saturated heterocycles. The maximum absolute atomic E-state index is 12.5. The number of rotatable bonds is 5. The molecule has 0 atom stereocenters. The molecule has 2 nitrogen and oxygen atoms in total. The molecule has 98 valence electrons. The van der Waals surface area contributed by atoms with Crippen molar-refractivity contribution in [1.82, 2.24) is 0 Å². The van der Waals surface area contributed by atoms with Gasteiger partial charge in [0.1, 0.15) is 0 Å². The van der Waals surface area contributed by atoms with Crippen LogP contribution >= 0.6 is 11.8 Å². The van der Waals surface area contributed by atoms with Crippen LogP contribution in [-0.2, 0) is 6.18 Å². The van der Waals surface area contributed by atoms with Gasteiger partial charge in [-0.25, -0.2) is 0 Å². The van der Waals surface area contributed by atoms with E-state index in [-0.39, 0.29) is 5.56 Å². The van der Waals surface area contributed by atoms with Crippen LogP contribution < -0.4 is 5.32 Å². The number of nitrogens with zero attached hydrogens (tertiary/aromatic N) is 1. The summed E-state index contributed by atoms with van der Waals surface area (Å²) in [6, 6.07) is 5.11. The molecule has 1 rings (SSSR count). The maximum atomic E-state index is 12.5. The number of nitrogens with one attached hydrogen (secondary N) is 1. The monoisotopic (exact) mass is 274 g/mol. The SMILES string of the molecule is CSCCCNc1ccc(C(F)(F)F)c(C#N)c1. The summed E-state index contributed by atoms with van der Waals surface area (Å²) < 4.78 is 37.6. The molecule has 0 aliphatic rings. The van der Waals surface area contributed by atoms with Crippen molar-refractivity contribution in [2.45, 2.75) is 12.6 Å². The molecule has 0 amide bonds. The minimum absolute atomic E-state index is 0.350. The summed E-state index contributed by atoms with van der Waals surface area (Å²) in [5.41, 5.74) is -0.697. The number of hydrogen-bond donors (Lipinski definition) is 1. The van der Waals surface area contributed by atoms with Crippen LogP contribution in [0, 0.1) is 11.3 Å². The van der Waals surface area contributed by atoms with E-state index >= 15 is 0 Å². The molecule has 0 fully saturated rings. The van der Waals surface area contributed by atoms with Crippen LogP contribution in [0.1, 0.15) is 17.5 Å². The Morgan fingerprint density at radius 2 is 2.11 bits per heavy atom. The predicted molar refractivity (Wildman–Crippen MR) is 67.6 cm³/mol. The van der Waals surface area contributed by atoms with Gasteiger partial charge in [-0.2, -0.15) is 30.2 Å². The first-order valence-corrected chi connectivity index (χ1v) is 6.72. The van der Waals surface area contributed by atoms with Crippen molar-refractivity contribution in [3.63, 3.8) is 0 Å². The molecular formula is C12H13F3N2S. The van der Waals surface area contributed by atoms with E-state index in [2.05, 4.69) is 5.32 Å². The number of anilines is 1. The van der Waals surface area contributed by atoms with Crippen LogP contribution in [0.3, 0.4) is 0 Å². The first kappa shape index (κ1) is 14.7. The van der Waals surface area contributed by atoms with Crippen molar-refractivity contribution in [2.24, 2.45) is 0 Å². The van der Waals surface area contributed by atoms with E-state index in [1.54, 1.807) is 17.8 Å². The largest absolute Gasteiger partial charge is 0.417 e. The fraction of sp³-hybridized carbons (Fsp3) is 0.417. The highest BCUT2D eigenvalue weighted by Gasteiger charge is 2.33. The lowest BCUT2D eigenvalue weighted by atomic mass is 10.1. The van der Waals surface area contributed by atoms with Gasteiger partial charge in [-0.1, -0.05) is 0 Å². The maximum Gasteiger partial charge on any atom is 0.417 e. The van der Waals surface area contributed by atoms with Crippen LogP contribution in [0.15, 0.2) is 18.2 Å².